The number of hydrogen-bond donors (Lipinski definition) is 1. The van der Waals surface area contributed by atoms with Gasteiger partial charge < -0.3 is 14.8 Å². The first kappa shape index (κ1) is 24.0. The lowest BCUT2D eigenvalue weighted by atomic mass is 10.1. The molecule has 0 aliphatic heterocycles. The Morgan fingerprint density at radius 3 is 2.25 bits per heavy atom. The number of ether oxygens (including phenoxy) is 2. The van der Waals surface area contributed by atoms with Crippen molar-refractivity contribution >= 4 is 12.1 Å². The van der Waals surface area contributed by atoms with Crippen LogP contribution in [-0.2, 0) is 20.9 Å². The molecule has 158 valence electrons. The summed E-state index contributed by atoms with van der Waals surface area (Å²) in [6.45, 7) is 3.59. The highest BCUT2D eigenvalue weighted by Crippen LogP contribution is 2.07. The van der Waals surface area contributed by atoms with Crippen molar-refractivity contribution in [3.8, 4) is 0 Å². The summed E-state index contributed by atoms with van der Waals surface area (Å²) in [5.41, 5.74) is 0.965. The van der Waals surface area contributed by atoms with Crippen LogP contribution in [0, 0.1) is 0 Å². The monoisotopic (exact) mass is 391 g/mol. The highest BCUT2D eigenvalue weighted by molar-refractivity contribution is 5.69. The summed E-state index contributed by atoms with van der Waals surface area (Å²) in [6.07, 6.45) is 11.1. The maximum Gasteiger partial charge on any atom is 0.407 e. The molecule has 5 heteroatoms. The number of alkyl carbamates (subject to hydrolysis) is 1. The van der Waals surface area contributed by atoms with Crippen LogP contribution in [0.4, 0.5) is 4.79 Å². The highest BCUT2D eigenvalue weighted by Gasteiger charge is 2.04. The van der Waals surface area contributed by atoms with E-state index in [0.717, 1.165) is 37.7 Å². The Kier molecular flexibility index (Phi) is 14.6. The molecule has 5 nitrogen and oxygen atoms in total. The first-order valence-electron chi connectivity index (χ1n) is 10.8. The van der Waals surface area contributed by atoms with Crippen LogP contribution in [0.1, 0.15) is 83.1 Å². The first-order chi connectivity index (χ1) is 13.7. The van der Waals surface area contributed by atoms with Crippen molar-refractivity contribution in [1.82, 2.24) is 5.32 Å². The minimum Gasteiger partial charge on any atom is -0.466 e. The number of unbranched alkanes of at least 4 members (excludes halogenated alkanes) is 8. The number of hydrogen-bond acceptors (Lipinski definition) is 4. The molecule has 1 N–H and O–H groups in total. The molecule has 0 heterocycles. The van der Waals surface area contributed by atoms with Gasteiger partial charge in [-0.3, -0.25) is 4.79 Å². The number of esters is 1. The Bertz CT molecular complexity index is 519. The molecule has 0 bridgehead atoms. The summed E-state index contributed by atoms with van der Waals surface area (Å²) < 4.78 is 10.4. The van der Waals surface area contributed by atoms with E-state index in [-0.39, 0.29) is 12.6 Å². The number of nitrogens with one attached hydrogen (secondary N) is 1. The molecule has 28 heavy (non-hydrogen) atoms. The minimum absolute atomic E-state index is 0.110. The van der Waals surface area contributed by atoms with Gasteiger partial charge in [0, 0.05) is 13.0 Å². The van der Waals surface area contributed by atoms with E-state index in [0.29, 0.717) is 19.6 Å². The average molecular weight is 392 g/mol. The summed E-state index contributed by atoms with van der Waals surface area (Å²) in [5.74, 6) is -0.110. The van der Waals surface area contributed by atoms with Gasteiger partial charge in [0.15, 0.2) is 0 Å². The standard InChI is InChI=1S/C23H37NO4/c1-2-3-4-5-6-7-14-19-27-22(25)17-12-9-13-18-24-23(26)28-20-21-15-10-8-11-16-21/h8,10-11,15-16H,2-7,9,12-14,17-20H2,1H3,(H,24,26). The van der Waals surface area contributed by atoms with Gasteiger partial charge >= 0.3 is 12.1 Å². The Labute approximate surface area is 170 Å². The molecular weight excluding hydrogens is 354 g/mol. The quantitative estimate of drug-likeness (QED) is 0.287. The Hall–Kier alpha value is -2.04. The lowest BCUT2D eigenvalue weighted by molar-refractivity contribution is -0.143. The molecule has 1 aromatic carbocycles. The van der Waals surface area contributed by atoms with Crippen LogP contribution in [0.5, 0.6) is 0 Å². The predicted molar refractivity (Wildman–Crippen MR) is 112 cm³/mol. The Balaban J connectivity index is 1.86. The van der Waals surface area contributed by atoms with Gasteiger partial charge in [0.05, 0.1) is 6.61 Å². The van der Waals surface area contributed by atoms with Crippen LogP contribution in [0.2, 0.25) is 0 Å². The number of rotatable bonds is 16. The molecule has 0 fully saturated rings. The Morgan fingerprint density at radius 1 is 0.821 bits per heavy atom. The fraction of sp³-hybridized carbons (Fsp3) is 0.652. The van der Waals surface area contributed by atoms with E-state index >= 15 is 0 Å². The first-order valence-corrected chi connectivity index (χ1v) is 10.8. The van der Waals surface area contributed by atoms with Crippen LogP contribution >= 0.6 is 0 Å². The summed E-state index contributed by atoms with van der Waals surface area (Å²) >= 11 is 0. The van der Waals surface area contributed by atoms with Crippen molar-refractivity contribution in [2.24, 2.45) is 0 Å². The van der Waals surface area contributed by atoms with Gasteiger partial charge in [0.25, 0.3) is 0 Å². The summed E-state index contributed by atoms with van der Waals surface area (Å²) in [4.78, 5) is 23.3. The molecule has 0 spiro atoms. The molecule has 0 aromatic heterocycles. The van der Waals surface area contributed by atoms with Crippen molar-refractivity contribution in [3.05, 3.63) is 35.9 Å². The van der Waals surface area contributed by atoms with Crippen molar-refractivity contribution < 1.29 is 19.1 Å². The molecule has 0 atom stereocenters. The fourth-order valence-electron chi connectivity index (χ4n) is 2.85. The van der Waals surface area contributed by atoms with Crippen LogP contribution < -0.4 is 5.32 Å². The molecular formula is C23H37NO4. The van der Waals surface area contributed by atoms with E-state index in [1.165, 1.54) is 32.1 Å². The van der Waals surface area contributed by atoms with Crippen LogP contribution in [0.3, 0.4) is 0 Å². The van der Waals surface area contributed by atoms with Crippen molar-refractivity contribution in [2.45, 2.75) is 84.2 Å². The molecule has 1 amide bonds. The molecule has 1 rings (SSSR count). The summed E-state index contributed by atoms with van der Waals surface area (Å²) in [7, 11) is 0. The number of carbonyl (C=O) groups is 2. The summed E-state index contributed by atoms with van der Waals surface area (Å²) in [5, 5.41) is 2.73. The van der Waals surface area contributed by atoms with E-state index in [1.807, 2.05) is 30.3 Å². The Morgan fingerprint density at radius 2 is 1.50 bits per heavy atom. The van der Waals surface area contributed by atoms with Gasteiger partial charge in [-0.05, 0) is 24.8 Å². The maximum absolute atomic E-state index is 11.7. The lowest BCUT2D eigenvalue weighted by Crippen LogP contribution is -2.25. The van der Waals surface area contributed by atoms with E-state index in [9.17, 15) is 9.59 Å². The zero-order chi connectivity index (χ0) is 20.3. The molecule has 0 unspecified atom stereocenters. The number of benzene rings is 1. The topological polar surface area (TPSA) is 64.6 Å². The third kappa shape index (κ3) is 14.1. The third-order valence-electron chi connectivity index (χ3n) is 4.55. The molecule has 0 aliphatic carbocycles. The third-order valence-corrected chi connectivity index (χ3v) is 4.55. The molecule has 0 saturated heterocycles. The van der Waals surface area contributed by atoms with Gasteiger partial charge in [0.1, 0.15) is 6.61 Å². The van der Waals surface area contributed by atoms with E-state index in [4.69, 9.17) is 9.47 Å². The molecule has 1 aromatic rings. The average Bonchev–Trinajstić information content (AvgIpc) is 2.71. The second-order valence-corrected chi connectivity index (χ2v) is 7.14. The zero-order valence-corrected chi connectivity index (χ0v) is 17.4. The molecule has 0 saturated carbocycles. The highest BCUT2D eigenvalue weighted by atomic mass is 16.5. The lowest BCUT2D eigenvalue weighted by Gasteiger charge is -2.07. The largest absolute Gasteiger partial charge is 0.466 e. The molecule has 0 radical (unpaired) electrons. The van der Waals surface area contributed by atoms with Gasteiger partial charge in [0.2, 0.25) is 0 Å². The van der Waals surface area contributed by atoms with Gasteiger partial charge in [-0.25, -0.2) is 4.79 Å². The van der Waals surface area contributed by atoms with Gasteiger partial charge in [-0.1, -0.05) is 82.2 Å². The van der Waals surface area contributed by atoms with Gasteiger partial charge in [-0.15, -0.1) is 0 Å². The molecule has 0 aliphatic rings. The summed E-state index contributed by atoms with van der Waals surface area (Å²) in [6, 6.07) is 9.58. The van der Waals surface area contributed by atoms with Crippen molar-refractivity contribution in [3.63, 3.8) is 0 Å². The van der Waals surface area contributed by atoms with Crippen LogP contribution in [0.25, 0.3) is 0 Å². The van der Waals surface area contributed by atoms with E-state index in [1.54, 1.807) is 0 Å². The number of carbonyl (C=O) groups excluding carboxylic acids is 2. The second-order valence-electron chi connectivity index (χ2n) is 7.14. The van der Waals surface area contributed by atoms with E-state index < -0.39 is 6.09 Å². The maximum atomic E-state index is 11.7. The van der Waals surface area contributed by atoms with Crippen LogP contribution in [0.15, 0.2) is 30.3 Å². The smallest absolute Gasteiger partial charge is 0.407 e. The SMILES string of the molecule is CCCCCCCCCOC(=O)CCCCCNC(=O)OCc1ccccc1. The van der Waals surface area contributed by atoms with E-state index in [2.05, 4.69) is 12.2 Å². The zero-order valence-electron chi connectivity index (χ0n) is 17.4. The normalized spacial score (nSPS) is 10.5. The van der Waals surface area contributed by atoms with Crippen molar-refractivity contribution in [2.75, 3.05) is 13.2 Å². The number of amides is 1. The van der Waals surface area contributed by atoms with Crippen LogP contribution in [-0.4, -0.2) is 25.2 Å². The minimum atomic E-state index is -0.405. The predicted octanol–water partition coefficient (Wildman–Crippen LogP) is 5.77. The second kappa shape index (κ2) is 17.1. The fourth-order valence-corrected chi connectivity index (χ4v) is 2.85. The van der Waals surface area contributed by atoms with Gasteiger partial charge in [-0.2, -0.15) is 0 Å². The van der Waals surface area contributed by atoms with Crippen molar-refractivity contribution in [1.29, 1.82) is 0 Å².